The number of benzene rings is 1. The molecule has 0 N–H and O–H groups in total. The van der Waals surface area contributed by atoms with E-state index in [-0.39, 0.29) is 17.7 Å². The number of nitrogens with zero attached hydrogens (tertiary/aromatic N) is 4. The minimum absolute atomic E-state index is 0.0264. The Morgan fingerprint density at radius 1 is 1.42 bits per heavy atom. The Bertz CT molecular complexity index is 901. The van der Waals surface area contributed by atoms with E-state index < -0.39 is 4.92 Å². The molecular weight excluding hydrogens is 331 g/mol. The molecule has 1 aliphatic carbocycles. The topological polar surface area (TPSA) is 63.7 Å². The highest BCUT2D eigenvalue weighted by molar-refractivity contribution is 7.15. The third-order valence-electron chi connectivity index (χ3n) is 4.42. The third kappa shape index (κ3) is 2.43. The van der Waals surface area contributed by atoms with Crippen molar-refractivity contribution in [2.75, 3.05) is 11.9 Å². The van der Waals surface area contributed by atoms with Gasteiger partial charge in [-0.3, -0.25) is 0 Å². The number of rotatable bonds is 5. The normalized spacial score (nSPS) is 15.6. The average Bonchev–Trinajstić information content (AvgIpc) is 3.15. The second-order valence-corrected chi connectivity index (χ2v) is 6.89. The summed E-state index contributed by atoms with van der Waals surface area (Å²) in [5.74, 6) is 0.443. The van der Waals surface area contributed by atoms with Gasteiger partial charge in [0.2, 0.25) is 5.82 Å². The lowest BCUT2D eigenvalue weighted by molar-refractivity contribution is -0.389. The molecule has 1 atom stereocenters. The van der Waals surface area contributed by atoms with E-state index in [1.165, 1.54) is 27.9 Å². The molecule has 1 saturated carbocycles. The fraction of sp³-hybridized carbons (Fsp3) is 0.312. The minimum atomic E-state index is -0.396. The quantitative estimate of drug-likeness (QED) is 0.517. The van der Waals surface area contributed by atoms with Gasteiger partial charge in [-0.2, -0.15) is 9.38 Å². The molecule has 0 amide bonds. The lowest BCUT2D eigenvalue weighted by Crippen LogP contribution is -2.27. The molecule has 6 nitrogen and oxygen atoms in total. The van der Waals surface area contributed by atoms with Crippen LogP contribution in [0.5, 0.6) is 0 Å². The Labute approximate surface area is 141 Å². The molecule has 1 aliphatic rings. The van der Waals surface area contributed by atoms with Crippen molar-refractivity contribution in [3.05, 3.63) is 57.3 Å². The van der Waals surface area contributed by atoms with Gasteiger partial charge in [0, 0.05) is 12.4 Å². The van der Waals surface area contributed by atoms with Crippen molar-refractivity contribution in [3.8, 4) is 0 Å². The molecule has 0 spiro atoms. The summed E-state index contributed by atoms with van der Waals surface area (Å²) < 4.78 is 14.7. The van der Waals surface area contributed by atoms with Crippen LogP contribution in [0.15, 0.2) is 35.8 Å². The highest BCUT2D eigenvalue weighted by atomic mass is 32.1. The first-order valence-corrected chi connectivity index (χ1v) is 8.52. The van der Waals surface area contributed by atoms with Gasteiger partial charge in [-0.05, 0) is 41.4 Å². The van der Waals surface area contributed by atoms with Crippen molar-refractivity contribution >= 4 is 27.9 Å². The molecule has 2 aromatic heterocycles. The Morgan fingerprint density at radius 3 is 2.75 bits per heavy atom. The van der Waals surface area contributed by atoms with Gasteiger partial charge in [0.25, 0.3) is 4.96 Å². The number of thiazole rings is 1. The van der Waals surface area contributed by atoms with E-state index in [4.69, 9.17) is 0 Å². The van der Waals surface area contributed by atoms with Crippen molar-refractivity contribution in [2.24, 2.45) is 5.92 Å². The SMILES string of the molecule is CN(c1nc2sccn2c1[N+](=O)[O-])[C@H](c1ccc(F)cc1)C1CC1. The highest BCUT2D eigenvalue weighted by Crippen LogP contribution is 2.47. The predicted octanol–water partition coefficient (Wildman–Crippen LogP) is 4.03. The second-order valence-electron chi connectivity index (χ2n) is 6.02. The van der Waals surface area contributed by atoms with E-state index in [9.17, 15) is 14.5 Å². The molecule has 24 heavy (non-hydrogen) atoms. The van der Waals surface area contributed by atoms with Crippen LogP contribution in [0.25, 0.3) is 4.96 Å². The van der Waals surface area contributed by atoms with Crippen molar-refractivity contribution in [3.63, 3.8) is 0 Å². The summed E-state index contributed by atoms with van der Waals surface area (Å²) in [7, 11) is 1.83. The fourth-order valence-electron chi connectivity index (χ4n) is 3.18. The maximum Gasteiger partial charge on any atom is 0.373 e. The second kappa shape index (κ2) is 5.55. The van der Waals surface area contributed by atoms with Gasteiger partial charge in [-0.1, -0.05) is 23.5 Å². The molecule has 0 bridgehead atoms. The number of halogens is 1. The molecule has 1 aromatic carbocycles. The molecule has 1 fully saturated rings. The van der Waals surface area contributed by atoms with Crippen molar-refractivity contribution in [1.29, 1.82) is 0 Å². The Balaban J connectivity index is 1.79. The molecule has 3 aromatic rings. The summed E-state index contributed by atoms with van der Waals surface area (Å²) in [5, 5.41) is 13.3. The van der Waals surface area contributed by atoms with Crippen molar-refractivity contribution < 1.29 is 9.31 Å². The van der Waals surface area contributed by atoms with E-state index >= 15 is 0 Å². The van der Waals surface area contributed by atoms with E-state index in [0.717, 1.165) is 18.4 Å². The number of anilines is 1. The van der Waals surface area contributed by atoms with Gasteiger partial charge in [0.1, 0.15) is 12.0 Å². The first-order valence-electron chi connectivity index (χ1n) is 7.64. The zero-order chi connectivity index (χ0) is 16.8. The molecule has 0 aliphatic heterocycles. The van der Waals surface area contributed by atoms with Crippen LogP contribution in [-0.4, -0.2) is 21.4 Å². The number of aromatic nitrogens is 2. The van der Waals surface area contributed by atoms with Crippen LogP contribution in [-0.2, 0) is 0 Å². The van der Waals surface area contributed by atoms with E-state index in [2.05, 4.69) is 4.98 Å². The van der Waals surface area contributed by atoms with Crippen LogP contribution < -0.4 is 4.90 Å². The maximum atomic E-state index is 13.2. The standard InChI is InChI=1S/C16H15FN4O2S/c1-19(13(10-2-3-10)11-4-6-12(17)7-5-11)14-15(21(22)23)20-8-9-24-16(20)18-14/h4-10,13H,2-3H2,1H3/t13-/m0/s1. The molecular formula is C16H15FN4O2S. The van der Waals surface area contributed by atoms with Crippen molar-refractivity contribution in [1.82, 2.24) is 9.38 Å². The Morgan fingerprint density at radius 2 is 2.12 bits per heavy atom. The molecule has 0 unspecified atom stereocenters. The zero-order valence-corrected chi connectivity index (χ0v) is 13.7. The summed E-state index contributed by atoms with van der Waals surface area (Å²) in [6.45, 7) is 0. The van der Waals surface area contributed by atoms with Gasteiger partial charge < -0.3 is 15.0 Å². The number of hydrogen-bond donors (Lipinski definition) is 0. The maximum absolute atomic E-state index is 13.2. The first-order chi connectivity index (χ1) is 11.6. The smallest absolute Gasteiger partial charge is 0.358 e. The Hall–Kier alpha value is -2.48. The Kier molecular flexibility index (Phi) is 3.49. The molecule has 0 saturated heterocycles. The number of nitro groups is 1. The monoisotopic (exact) mass is 346 g/mol. The van der Waals surface area contributed by atoms with Crippen LogP contribution in [0, 0.1) is 21.8 Å². The van der Waals surface area contributed by atoms with Gasteiger partial charge in [0.15, 0.2) is 0 Å². The first kappa shape index (κ1) is 15.1. The predicted molar refractivity (Wildman–Crippen MR) is 90.0 cm³/mol. The number of fused-ring (bicyclic) bond motifs is 1. The summed E-state index contributed by atoms with van der Waals surface area (Å²) in [6.07, 6.45) is 3.78. The highest BCUT2D eigenvalue weighted by Gasteiger charge is 2.39. The number of hydrogen-bond acceptors (Lipinski definition) is 5. The van der Waals surface area contributed by atoms with Gasteiger partial charge in [-0.15, -0.1) is 0 Å². The molecule has 2 heterocycles. The van der Waals surface area contributed by atoms with E-state index in [0.29, 0.717) is 16.7 Å². The average molecular weight is 346 g/mol. The summed E-state index contributed by atoms with van der Waals surface area (Å²) in [6, 6.07) is 6.31. The molecule has 8 heteroatoms. The van der Waals surface area contributed by atoms with Crippen LogP contribution in [0.2, 0.25) is 0 Å². The van der Waals surface area contributed by atoms with E-state index in [1.54, 1.807) is 23.7 Å². The lowest BCUT2D eigenvalue weighted by Gasteiger charge is -2.28. The summed E-state index contributed by atoms with van der Waals surface area (Å²) in [5.41, 5.74) is 0.951. The van der Waals surface area contributed by atoms with Crippen molar-refractivity contribution in [2.45, 2.75) is 18.9 Å². The minimum Gasteiger partial charge on any atom is -0.358 e. The lowest BCUT2D eigenvalue weighted by atomic mass is 10.0. The van der Waals surface area contributed by atoms with Gasteiger partial charge in [-0.25, -0.2) is 4.39 Å². The van der Waals surface area contributed by atoms with Crippen LogP contribution in [0.4, 0.5) is 16.0 Å². The van der Waals surface area contributed by atoms with E-state index in [1.807, 2.05) is 11.9 Å². The third-order valence-corrected chi connectivity index (χ3v) is 5.18. The van der Waals surface area contributed by atoms with Gasteiger partial charge >= 0.3 is 5.82 Å². The summed E-state index contributed by atoms with van der Waals surface area (Å²) in [4.78, 5) is 18.1. The number of imidazole rings is 1. The van der Waals surface area contributed by atoms with Gasteiger partial charge in [0.05, 0.1) is 6.04 Å². The molecule has 0 radical (unpaired) electrons. The molecule has 124 valence electrons. The van der Waals surface area contributed by atoms with Crippen LogP contribution in [0.1, 0.15) is 24.4 Å². The zero-order valence-electron chi connectivity index (χ0n) is 12.9. The summed E-state index contributed by atoms with van der Waals surface area (Å²) >= 11 is 1.36. The fourth-order valence-corrected chi connectivity index (χ4v) is 3.89. The molecule has 4 rings (SSSR count). The van der Waals surface area contributed by atoms with Crippen LogP contribution in [0.3, 0.4) is 0 Å². The largest absolute Gasteiger partial charge is 0.373 e. The van der Waals surface area contributed by atoms with Crippen LogP contribution >= 0.6 is 11.3 Å².